The summed E-state index contributed by atoms with van der Waals surface area (Å²) in [6, 6.07) is 40.1. The molecule has 0 N–H and O–H groups in total. The summed E-state index contributed by atoms with van der Waals surface area (Å²) in [5, 5.41) is 5.04. The van der Waals surface area contributed by atoms with Crippen LogP contribution in [-0.2, 0) is 81.8 Å². The van der Waals surface area contributed by atoms with Gasteiger partial charge in [-0.05, 0) is 103 Å². The van der Waals surface area contributed by atoms with Crippen molar-refractivity contribution in [1.29, 1.82) is 0 Å². The lowest BCUT2D eigenvalue weighted by molar-refractivity contribution is -0.640. The number of hydrogen-bond donors (Lipinski definition) is 0. The molecular formula is C83H66N23OS+5. The second-order valence-corrected chi connectivity index (χ2v) is 28.5. The van der Waals surface area contributed by atoms with Crippen molar-refractivity contribution in [3.63, 3.8) is 0 Å². The van der Waals surface area contributed by atoms with Gasteiger partial charge in [-0.25, -0.2) is 79.7 Å². The number of pyridine rings is 10. The van der Waals surface area contributed by atoms with E-state index in [-0.39, 0.29) is 11.3 Å². The summed E-state index contributed by atoms with van der Waals surface area (Å²) >= 11 is 1.76. The van der Waals surface area contributed by atoms with Crippen molar-refractivity contribution in [2.24, 2.45) is 49.1 Å². The van der Waals surface area contributed by atoms with Crippen LogP contribution in [0.4, 0.5) is 0 Å². The number of benzene rings is 1. The molecule has 1 aromatic carbocycles. The molecule has 0 amide bonds. The SMILES string of the molecule is C[n+]1c2n(c3c4cccnc4n(-c4ccccc4)c31)Cc1cnccc1-2.C[n+]1c2n(c3c4cccnc4oc31)Cc1cnccc1-2.C[n+]1c2n(c3c4cccnc4sc31)Cc1cnccc1-2.[2H]C([2H])([2H])[n+]1c2n(c3c4cccnc4n(C)c31)Cc1cnccc1-2.[2H]C([2H])([2H])n1c2ncccc2c2c1[n+](C([2H])([2H])[2H])c1n2Cc2cnccc2-1. The van der Waals surface area contributed by atoms with Gasteiger partial charge in [0.1, 0.15) is 23.6 Å². The molecule has 20 aromatic heterocycles. The number of rotatable bonds is 1. The van der Waals surface area contributed by atoms with Crippen LogP contribution < -0.4 is 22.8 Å². The Bertz CT molecular complexity index is 7630. The lowest BCUT2D eigenvalue weighted by Gasteiger charge is -2.03. The Morgan fingerprint density at radius 3 is 1.30 bits per heavy atom. The Labute approximate surface area is 630 Å². The Morgan fingerprint density at radius 1 is 0.370 bits per heavy atom. The number of imidazole rings is 5. The topological polar surface area (TPSA) is 201 Å². The molecule has 25 heteroatoms. The highest BCUT2D eigenvalue weighted by Gasteiger charge is 2.41. The van der Waals surface area contributed by atoms with E-state index in [1.165, 1.54) is 93.9 Å². The van der Waals surface area contributed by atoms with Gasteiger partial charge in [-0.15, -0.1) is 0 Å². The van der Waals surface area contributed by atoms with E-state index in [0.29, 0.717) is 47.0 Å². The molecule has 0 radical (unpaired) electrons. The maximum atomic E-state index is 8.11. The Hall–Kier alpha value is -13.8. The van der Waals surface area contributed by atoms with E-state index >= 15 is 0 Å². The van der Waals surface area contributed by atoms with E-state index in [1.54, 1.807) is 66.7 Å². The van der Waals surface area contributed by atoms with Gasteiger partial charge in [-0.1, -0.05) is 29.5 Å². The fourth-order valence-corrected chi connectivity index (χ4v) is 18.5. The minimum absolute atomic E-state index is 0.126. The summed E-state index contributed by atoms with van der Waals surface area (Å²) < 4.78 is 104. The van der Waals surface area contributed by atoms with Crippen LogP contribution in [0.1, 0.15) is 40.2 Å². The molecule has 0 saturated carbocycles. The molecule has 108 heavy (non-hydrogen) atoms. The first-order valence-electron chi connectivity index (χ1n) is 39.6. The highest BCUT2D eigenvalue weighted by atomic mass is 32.1. The van der Waals surface area contributed by atoms with Crippen molar-refractivity contribution in [3.8, 4) is 62.6 Å². The number of hydrogen-bond acceptors (Lipinski definition) is 12. The second kappa shape index (κ2) is 23.1. The first-order chi connectivity index (χ1) is 56.7. The molecular weight excluding hydrogens is 1370 g/mol. The minimum atomic E-state index is -2.58. The quantitative estimate of drug-likeness (QED) is 0.142. The third kappa shape index (κ3) is 8.51. The summed E-state index contributed by atoms with van der Waals surface area (Å²) in [7, 11) is 8.18. The number of nitrogens with zero attached hydrogens (tertiary/aromatic N) is 23. The van der Waals surface area contributed by atoms with Crippen LogP contribution in [0, 0.1) is 0 Å². The molecule has 0 spiro atoms. The van der Waals surface area contributed by atoms with Gasteiger partial charge in [0.25, 0.3) is 28.6 Å². The molecule has 5 aliphatic heterocycles. The predicted octanol–water partition coefficient (Wildman–Crippen LogP) is 11.3. The second-order valence-electron chi connectivity index (χ2n) is 27.5. The number of furan rings is 1. The fourth-order valence-electron chi connectivity index (χ4n) is 17.4. The smallest absolute Gasteiger partial charge is 0.340 e. The molecule has 0 atom stereocenters. The van der Waals surface area contributed by atoms with Crippen LogP contribution in [0.3, 0.4) is 0 Å². The average Bonchev–Trinajstić information content (AvgIpc) is 1.52. The van der Waals surface area contributed by atoms with Crippen molar-refractivity contribution in [1.82, 2.24) is 86.4 Å². The molecule has 25 heterocycles. The molecule has 5 aliphatic rings. The minimum Gasteiger partial charge on any atom is -0.400 e. The molecule has 21 aromatic rings. The van der Waals surface area contributed by atoms with Gasteiger partial charge < -0.3 is 4.42 Å². The molecule has 0 unspecified atom stereocenters. The Balaban J connectivity index is 0.0000000889. The van der Waals surface area contributed by atoms with E-state index in [1.807, 2.05) is 115 Å². The van der Waals surface area contributed by atoms with Crippen molar-refractivity contribution in [3.05, 3.63) is 242 Å². The predicted molar refractivity (Wildman–Crippen MR) is 411 cm³/mol. The van der Waals surface area contributed by atoms with Gasteiger partial charge in [0.05, 0.1) is 136 Å². The summed E-state index contributed by atoms with van der Waals surface area (Å²) in [5.74, 6) is 4.83. The highest BCUT2D eigenvalue weighted by molar-refractivity contribution is 7.24. The zero-order valence-electron chi connectivity index (χ0n) is 67.3. The zero-order chi connectivity index (χ0) is 79.6. The highest BCUT2D eigenvalue weighted by Crippen LogP contribution is 2.43. The van der Waals surface area contributed by atoms with Gasteiger partial charge >= 0.3 is 5.71 Å². The molecule has 520 valence electrons. The molecule has 0 saturated heterocycles. The van der Waals surface area contributed by atoms with Crippen LogP contribution in [0.5, 0.6) is 0 Å². The van der Waals surface area contributed by atoms with Crippen LogP contribution in [0.25, 0.3) is 172 Å². The Morgan fingerprint density at radius 2 is 0.778 bits per heavy atom. The number of para-hydroxylation sites is 1. The molecule has 0 aliphatic carbocycles. The van der Waals surface area contributed by atoms with Crippen molar-refractivity contribution < 1.29 is 39.6 Å². The van der Waals surface area contributed by atoms with Crippen molar-refractivity contribution >= 4 is 121 Å². The van der Waals surface area contributed by atoms with Crippen LogP contribution in [-0.4, -0.2) is 86.4 Å². The van der Waals surface area contributed by atoms with Gasteiger partial charge in [0, 0.05) is 121 Å². The summed E-state index contributed by atoms with van der Waals surface area (Å²) in [6.07, 6.45) is 27.0. The number of thiophene rings is 1. The monoisotopic (exact) mass is 1440 g/mol. The van der Waals surface area contributed by atoms with Crippen molar-refractivity contribution in [2.75, 3.05) is 0 Å². The summed E-state index contributed by atoms with van der Waals surface area (Å²) in [6.45, 7) is -3.81. The average molecular weight is 1440 g/mol. The van der Waals surface area contributed by atoms with E-state index in [0.717, 1.165) is 100 Å². The molecule has 24 nitrogen and oxygen atoms in total. The van der Waals surface area contributed by atoms with Crippen molar-refractivity contribution in [2.45, 2.75) is 32.7 Å². The van der Waals surface area contributed by atoms with Gasteiger partial charge in [-0.2, -0.15) is 4.57 Å². The molecule has 0 fully saturated rings. The van der Waals surface area contributed by atoms with Crippen LogP contribution in [0.2, 0.25) is 0 Å². The third-order valence-electron chi connectivity index (χ3n) is 21.8. The number of aryl methyl sites for hydroxylation is 7. The van der Waals surface area contributed by atoms with Gasteiger partial charge in [-0.3, -0.25) is 24.9 Å². The number of aromatic nitrogens is 23. The normalized spacial score (nSPS) is 14.5. The summed E-state index contributed by atoms with van der Waals surface area (Å²) in [5.41, 5.74) is 23.0. The van der Waals surface area contributed by atoms with E-state index in [4.69, 9.17) is 21.7 Å². The third-order valence-corrected chi connectivity index (χ3v) is 23.0. The first-order valence-corrected chi connectivity index (χ1v) is 36.0. The maximum Gasteiger partial charge on any atom is 0.340 e. The Kier molecular flexibility index (Phi) is 11.3. The van der Waals surface area contributed by atoms with Gasteiger partial charge in [0.15, 0.2) is 22.1 Å². The maximum absolute atomic E-state index is 8.11. The largest absolute Gasteiger partial charge is 0.400 e. The van der Waals surface area contributed by atoms with E-state index < -0.39 is 20.9 Å². The molecule has 26 rings (SSSR count). The lowest BCUT2D eigenvalue weighted by atomic mass is 10.2. The lowest BCUT2D eigenvalue weighted by Crippen LogP contribution is -2.31. The summed E-state index contributed by atoms with van der Waals surface area (Å²) in [4.78, 5) is 45.6. The van der Waals surface area contributed by atoms with E-state index in [2.05, 4.69) is 156 Å². The molecule has 0 bridgehead atoms. The fraction of sp³-hybridized carbons (Fsp3) is 0.145. The van der Waals surface area contributed by atoms with Crippen LogP contribution in [0.15, 0.2) is 219 Å². The number of fused-ring (bicyclic) bond motifs is 35. The zero-order valence-corrected chi connectivity index (χ0v) is 59.2. The first kappa shape index (κ1) is 53.0. The van der Waals surface area contributed by atoms with Crippen LogP contribution >= 0.6 is 11.3 Å². The van der Waals surface area contributed by atoms with E-state index in [9.17, 15) is 0 Å². The van der Waals surface area contributed by atoms with Gasteiger partial charge in [0.2, 0.25) is 50.5 Å². The standard InChI is InChI=1S/C21H16N5.2C16H14N5.C15H11N4O.C15H11N4S/c1-24-20-16-9-11-22-12-14(16)13-25(20)18-17-8-5-10-23-19(17)26(21(18)24)15-6-3-2-4-7-15;2*1-19-14-12(4-3-6-18-14)13-16(19)20(2)15-11-5-7-17-8-10(11)9-21(13)15;2*1-18-14-10-4-6-16-7-9(10)8-19(14)12-11-3-2-5-17-13(11)20-15(12)18/h2-12H,13H2,1H3;2*3-8H,9H2,1-2H3;2*2-7H,8H2,1H3/q5*+1/i;1D3,2D3;2D3;;.